The summed E-state index contributed by atoms with van der Waals surface area (Å²) in [7, 11) is 0. The number of aromatic amines is 1. The van der Waals surface area contributed by atoms with Crippen LogP contribution in [0.15, 0.2) is 24.4 Å². The second kappa shape index (κ2) is 7.14. The minimum absolute atomic E-state index is 0.0333. The van der Waals surface area contributed by atoms with E-state index in [1.807, 2.05) is 0 Å². The molecule has 6 atom stereocenters. The van der Waals surface area contributed by atoms with Gasteiger partial charge in [0.25, 0.3) is 0 Å². The van der Waals surface area contributed by atoms with Gasteiger partial charge < -0.3 is 10.4 Å². The molecule has 2 unspecified atom stereocenters. The number of anilines is 1. The van der Waals surface area contributed by atoms with Crippen LogP contribution in [0.5, 0.6) is 0 Å². The van der Waals surface area contributed by atoms with Crippen molar-refractivity contribution in [3.05, 3.63) is 35.9 Å². The Labute approximate surface area is 199 Å². The van der Waals surface area contributed by atoms with Crippen molar-refractivity contribution in [1.82, 2.24) is 29.8 Å². The summed E-state index contributed by atoms with van der Waals surface area (Å²) in [6.45, 7) is 0. The number of nitrogens with zero attached hydrogens (tertiary/aromatic N) is 5. The zero-order chi connectivity index (χ0) is 24.9. The van der Waals surface area contributed by atoms with Crippen LogP contribution < -0.4 is 5.32 Å². The quantitative estimate of drug-likeness (QED) is 0.362. The highest BCUT2D eigenvalue weighted by Crippen LogP contribution is 2.64. The largest absolute Gasteiger partial charge is 0.481 e. The monoisotopic (exact) mass is 501 g/mol. The molecule has 4 aromatic rings. The van der Waals surface area contributed by atoms with Gasteiger partial charge >= 0.3 is 12.1 Å². The smallest absolute Gasteiger partial charge is 0.433 e. The topological polar surface area (TPSA) is 121 Å². The lowest BCUT2D eigenvalue weighted by atomic mass is 9.61. The normalized spacial score (nSPS) is 29.0. The van der Waals surface area contributed by atoms with E-state index < -0.39 is 35.6 Å². The first-order valence-corrected chi connectivity index (χ1v) is 11.7. The van der Waals surface area contributed by atoms with Crippen molar-refractivity contribution in [2.75, 3.05) is 5.32 Å². The molecule has 3 N–H and O–H groups in total. The number of hydrogen-bond acceptors (Lipinski definition) is 6. The van der Waals surface area contributed by atoms with E-state index in [1.165, 1.54) is 6.07 Å². The first kappa shape index (κ1) is 21.5. The van der Waals surface area contributed by atoms with E-state index in [9.17, 15) is 27.5 Å². The Morgan fingerprint density at radius 3 is 2.72 bits per heavy atom. The van der Waals surface area contributed by atoms with Crippen molar-refractivity contribution in [2.24, 2.45) is 29.6 Å². The van der Waals surface area contributed by atoms with Gasteiger partial charge in [-0.1, -0.05) is 0 Å². The van der Waals surface area contributed by atoms with Gasteiger partial charge in [-0.15, -0.1) is 5.10 Å². The lowest BCUT2D eigenvalue weighted by Crippen LogP contribution is -2.52. The lowest BCUT2D eigenvalue weighted by Gasteiger charge is -2.46. The highest BCUT2D eigenvalue weighted by Gasteiger charge is 2.63. The molecular formula is C23H19F4N7O2. The molecule has 13 heteroatoms. The molecular weight excluding hydrogens is 482 g/mol. The van der Waals surface area contributed by atoms with E-state index in [-0.39, 0.29) is 45.7 Å². The number of H-pyrrole nitrogens is 1. The number of hydrogen-bond donors (Lipinski definition) is 3. The Balaban J connectivity index is 1.40. The molecule has 4 heterocycles. The third kappa shape index (κ3) is 3.04. The number of carbonyl (C=O) groups is 1. The molecule has 2 bridgehead atoms. The predicted molar refractivity (Wildman–Crippen MR) is 117 cm³/mol. The van der Waals surface area contributed by atoms with E-state index in [4.69, 9.17) is 0 Å². The maximum Gasteiger partial charge on any atom is 0.433 e. The molecule has 186 valence electrons. The summed E-state index contributed by atoms with van der Waals surface area (Å²) in [4.78, 5) is 20.7. The van der Waals surface area contributed by atoms with Crippen molar-refractivity contribution >= 4 is 28.3 Å². The van der Waals surface area contributed by atoms with E-state index in [2.05, 4.69) is 30.6 Å². The highest BCUT2D eigenvalue weighted by molar-refractivity contribution is 5.89. The number of fused-ring (bicyclic) bond motifs is 4. The Morgan fingerprint density at radius 1 is 1.17 bits per heavy atom. The predicted octanol–water partition coefficient (Wildman–Crippen LogP) is 3.98. The van der Waals surface area contributed by atoms with Gasteiger partial charge in [0.05, 0.1) is 17.5 Å². The van der Waals surface area contributed by atoms with Crippen molar-refractivity contribution in [3.8, 4) is 11.5 Å². The standard InChI is InChI=1S/C23H19F4N7O2/c24-8-5-13-18(31-32-19(13)28-7-8)21-30-20(14-3-4-15(23(25,26)27)34(14)33-21)29-17-10-2-1-9(11-6-12(10)11)16(17)22(35)36/h3-5,7,9-12,16-17H,1-2,6H2,(H,35,36)(H,28,31,32)(H,29,30,33)/t9-,10+,11?,12?,16-,17-/m0/s1. The molecule has 0 saturated heterocycles. The molecule has 4 aliphatic rings. The van der Waals surface area contributed by atoms with E-state index in [0.717, 1.165) is 42.1 Å². The van der Waals surface area contributed by atoms with Crippen LogP contribution in [0.3, 0.4) is 0 Å². The summed E-state index contributed by atoms with van der Waals surface area (Å²) in [5.41, 5.74) is -0.696. The number of halogens is 4. The van der Waals surface area contributed by atoms with Crippen molar-refractivity contribution in [2.45, 2.75) is 31.5 Å². The molecule has 8 rings (SSSR count). The van der Waals surface area contributed by atoms with Crippen LogP contribution in [0, 0.1) is 35.4 Å². The van der Waals surface area contributed by atoms with Gasteiger partial charge in [-0.05, 0) is 61.1 Å². The SMILES string of the molecule is O=C(O)[C@@H]1[C@@H](Nc2nc(-c3n[nH]c4ncc(F)cc34)nn3c(C(F)(F)F)ccc23)[C@@H]2CC[C@H]1C1CC12. The summed E-state index contributed by atoms with van der Waals surface area (Å²) < 4.78 is 56.1. The van der Waals surface area contributed by atoms with Crippen LogP contribution in [0.25, 0.3) is 28.1 Å². The summed E-state index contributed by atoms with van der Waals surface area (Å²) in [6.07, 6.45) is -1.02. The summed E-state index contributed by atoms with van der Waals surface area (Å²) in [5.74, 6) is -1.35. The van der Waals surface area contributed by atoms with Crippen molar-refractivity contribution in [3.63, 3.8) is 0 Å². The average Bonchev–Trinajstić information content (AvgIpc) is 3.36. The van der Waals surface area contributed by atoms with Crippen LogP contribution in [-0.2, 0) is 11.0 Å². The number of aromatic nitrogens is 6. The van der Waals surface area contributed by atoms with Crippen molar-refractivity contribution in [1.29, 1.82) is 0 Å². The lowest BCUT2D eigenvalue weighted by molar-refractivity contribution is -0.148. The van der Waals surface area contributed by atoms with Crippen LogP contribution >= 0.6 is 0 Å². The van der Waals surface area contributed by atoms with Crippen LogP contribution in [0.2, 0.25) is 0 Å². The third-order valence-electron chi connectivity index (χ3n) is 8.12. The van der Waals surface area contributed by atoms with Gasteiger partial charge in [-0.2, -0.15) is 18.3 Å². The van der Waals surface area contributed by atoms with Gasteiger partial charge in [0.15, 0.2) is 11.5 Å². The molecule has 0 spiro atoms. The van der Waals surface area contributed by atoms with Crippen LogP contribution in [-0.4, -0.2) is 46.9 Å². The minimum atomic E-state index is -4.70. The fraction of sp³-hybridized carbons (Fsp3) is 0.435. The molecule has 0 aliphatic heterocycles. The number of aliphatic carboxylic acids is 1. The number of alkyl halides is 3. The Hall–Kier alpha value is -3.77. The summed E-state index contributed by atoms with van der Waals surface area (Å²) in [5, 5.41) is 24.3. The minimum Gasteiger partial charge on any atom is -0.481 e. The van der Waals surface area contributed by atoms with Gasteiger partial charge in [0, 0.05) is 6.04 Å². The van der Waals surface area contributed by atoms with Crippen LogP contribution in [0.4, 0.5) is 23.4 Å². The van der Waals surface area contributed by atoms with E-state index in [0.29, 0.717) is 11.8 Å². The van der Waals surface area contributed by atoms with Gasteiger partial charge in [0.2, 0.25) is 5.82 Å². The zero-order valence-electron chi connectivity index (χ0n) is 18.5. The fourth-order valence-electron chi connectivity index (χ4n) is 6.61. The van der Waals surface area contributed by atoms with Gasteiger partial charge in [-0.3, -0.25) is 9.89 Å². The number of carboxylic acids is 1. The number of rotatable bonds is 4. The molecule has 9 nitrogen and oxygen atoms in total. The van der Waals surface area contributed by atoms with Gasteiger partial charge in [-0.25, -0.2) is 18.9 Å². The second-order valence-electron chi connectivity index (χ2n) is 9.92. The summed E-state index contributed by atoms with van der Waals surface area (Å²) >= 11 is 0. The molecule has 4 fully saturated rings. The Kier molecular flexibility index (Phi) is 4.26. The fourth-order valence-corrected chi connectivity index (χ4v) is 6.61. The highest BCUT2D eigenvalue weighted by atomic mass is 19.4. The van der Waals surface area contributed by atoms with E-state index in [1.54, 1.807) is 0 Å². The molecule has 4 saturated carbocycles. The number of nitrogens with one attached hydrogen (secondary N) is 2. The number of pyridine rings is 1. The molecule has 0 aromatic carbocycles. The van der Waals surface area contributed by atoms with Crippen LogP contribution in [0.1, 0.15) is 25.0 Å². The molecule has 4 aliphatic carbocycles. The van der Waals surface area contributed by atoms with Crippen molar-refractivity contribution < 1.29 is 27.5 Å². The Morgan fingerprint density at radius 2 is 1.94 bits per heavy atom. The van der Waals surface area contributed by atoms with E-state index >= 15 is 0 Å². The summed E-state index contributed by atoms with van der Waals surface area (Å²) in [6, 6.07) is 2.84. The van der Waals surface area contributed by atoms with Gasteiger partial charge in [0.1, 0.15) is 22.7 Å². The maximum absolute atomic E-state index is 13.9. The average molecular weight is 501 g/mol. The maximum atomic E-state index is 13.9. The molecule has 0 amide bonds. The molecule has 0 radical (unpaired) electrons. The third-order valence-corrected chi connectivity index (χ3v) is 8.12. The second-order valence-corrected chi connectivity index (χ2v) is 9.92. The number of carboxylic acid groups (broad SMARTS) is 1. The molecule has 36 heavy (non-hydrogen) atoms. The zero-order valence-corrected chi connectivity index (χ0v) is 18.5. The first-order valence-electron chi connectivity index (χ1n) is 11.7. The Bertz CT molecular complexity index is 1550. The molecule has 4 aromatic heterocycles. The first-order chi connectivity index (χ1) is 17.2.